The second-order valence-corrected chi connectivity index (χ2v) is 7.34. The van der Waals surface area contributed by atoms with Crippen LogP contribution in [0, 0.1) is 5.92 Å². The van der Waals surface area contributed by atoms with Crippen molar-refractivity contribution in [2.75, 3.05) is 13.2 Å². The van der Waals surface area contributed by atoms with Gasteiger partial charge in [-0.3, -0.25) is 4.79 Å². The summed E-state index contributed by atoms with van der Waals surface area (Å²) < 4.78 is 16.8. The molecule has 1 amide bonds. The van der Waals surface area contributed by atoms with E-state index >= 15 is 0 Å². The average molecular weight is 356 g/mol. The lowest BCUT2D eigenvalue weighted by Gasteiger charge is -2.23. The van der Waals surface area contributed by atoms with Crippen molar-refractivity contribution in [1.82, 2.24) is 10.5 Å². The number of hydrogen-bond acceptors (Lipinski definition) is 5. The fourth-order valence-electron chi connectivity index (χ4n) is 3.18. The lowest BCUT2D eigenvalue weighted by Crippen LogP contribution is -2.32. The van der Waals surface area contributed by atoms with Gasteiger partial charge in [0.2, 0.25) is 0 Å². The number of hydrogen-bond donors (Lipinski definition) is 1. The molecule has 6 heteroatoms. The van der Waals surface area contributed by atoms with Gasteiger partial charge in [0.05, 0.1) is 19.3 Å². The molecule has 1 N–H and O–H groups in total. The highest BCUT2D eigenvalue weighted by atomic mass is 16.5. The predicted molar refractivity (Wildman–Crippen MR) is 95.6 cm³/mol. The normalized spacial score (nSPS) is 17.7. The number of benzene rings is 1. The zero-order chi connectivity index (χ0) is 18.1. The van der Waals surface area contributed by atoms with Gasteiger partial charge in [0, 0.05) is 18.4 Å². The molecule has 26 heavy (non-hydrogen) atoms. The first-order valence-corrected chi connectivity index (χ1v) is 9.29. The quantitative estimate of drug-likeness (QED) is 0.881. The maximum absolute atomic E-state index is 12.6. The largest absolute Gasteiger partial charge is 0.490 e. The molecule has 1 atom stereocenters. The monoisotopic (exact) mass is 356 g/mol. The van der Waals surface area contributed by atoms with E-state index in [9.17, 15) is 4.79 Å². The van der Waals surface area contributed by atoms with Gasteiger partial charge < -0.3 is 19.3 Å². The molecule has 1 saturated carbocycles. The van der Waals surface area contributed by atoms with Crippen LogP contribution in [0.2, 0.25) is 0 Å². The zero-order valence-corrected chi connectivity index (χ0v) is 15.2. The summed E-state index contributed by atoms with van der Waals surface area (Å²) in [5.74, 6) is 2.73. The molecule has 1 fully saturated rings. The minimum atomic E-state index is -0.216. The highest BCUT2D eigenvalue weighted by molar-refractivity contribution is 5.92. The molecule has 1 aliphatic heterocycles. The Morgan fingerprint density at radius 2 is 1.92 bits per heavy atom. The van der Waals surface area contributed by atoms with Crippen molar-refractivity contribution in [2.24, 2.45) is 5.92 Å². The fourth-order valence-corrected chi connectivity index (χ4v) is 3.18. The predicted octanol–water partition coefficient (Wildman–Crippen LogP) is 3.84. The van der Waals surface area contributed by atoms with Crippen LogP contribution in [-0.2, 0) is 0 Å². The SMILES string of the molecule is CC(C)C(NC(=O)c1cc(C2CC2)on1)c1ccc2c(c1)OCCCO2. The van der Waals surface area contributed by atoms with E-state index in [0.717, 1.165) is 42.1 Å². The Kier molecular flexibility index (Phi) is 4.57. The highest BCUT2D eigenvalue weighted by Gasteiger charge is 2.29. The second-order valence-electron chi connectivity index (χ2n) is 7.34. The van der Waals surface area contributed by atoms with Gasteiger partial charge in [-0.2, -0.15) is 0 Å². The minimum Gasteiger partial charge on any atom is -0.490 e. The van der Waals surface area contributed by atoms with Gasteiger partial charge >= 0.3 is 0 Å². The first-order valence-electron chi connectivity index (χ1n) is 9.29. The number of nitrogens with zero attached hydrogens (tertiary/aromatic N) is 1. The van der Waals surface area contributed by atoms with E-state index in [0.29, 0.717) is 24.8 Å². The third kappa shape index (κ3) is 3.54. The highest BCUT2D eigenvalue weighted by Crippen LogP contribution is 2.40. The first-order chi connectivity index (χ1) is 12.6. The van der Waals surface area contributed by atoms with Crippen molar-refractivity contribution in [3.8, 4) is 11.5 Å². The number of carbonyl (C=O) groups excluding carboxylic acids is 1. The Labute approximate surface area is 152 Å². The summed E-state index contributed by atoms with van der Waals surface area (Å²) in [4.78, 5) is 12.6. The standard InChI is InChI=1S/C20H24N2O4/c1-12(2)19(14-6-7-16-18(10-14)25-9-3-8-24-16)21-20(23)15-11-17(26-22-15)13-4-5-13/h6-7,10-13,19H,3-5,8-9H2,1-2H3,(H,21,23). The maximum atomic E-state index is 12.6. The van der Waals surface area contributed by atoms with Crippen molar-refractivity contribution in [3.05, 3.63) is 41.3 Å². The van der Waals surface area contributed by atoms with Gasteiger partial charge in [0.15, 0.2) is 17.2 Å². The van der Waals surface area contributed by atoms with Crippen LogP contribution in [0.4, 0.5) is 0 Å². The molecule has 0 spiro atoms. The third-order valence-electron chi connectivity index (χ3n) is 4.82. The number of ether oxygens (including phenoxy) is 2. The molecule has 0 bridgehead atoms. The maximum Gasteiger partial charge on any atom is 0.273 e. The van der Waals surface area contributed by atoms with E-state index in [1.165, 1.54) is 0 Å². The lowest BCUT2D eigenvalue weighted by molar-refractivity contribution is 0.0916. The van der Waals surface area contributed by atoms with Crippen molar-refractivity contribution >= 4 is 5.91 Å². The van der Waals surface area contributed by atoms with Crippen LogP contribution < -0.4 is 14.8 Å². The third-order valence-corrected chi connectivity index (χ3v) is 4.82. The number of fused-ring (bicyclic) bond motifs is 1. The minimum absolute atomic E-state index is 0.152. The molecule has 0 radical (unpaired) electrons. The zero-order valence-electron chi connectivity index (χ0n) is 15.2. The molecule has 1 unspecified atom stereocenters. The molecule has 1 aromatic heterocycles. The van der Waals surface area contributed by atoms with Crippen LogP contribution >= 0.6 is 0 Å². The topological polar surface area (TPSA) is 73.6 Å². The van der Waals surface area contributed by atoms with Crippen LogP contribution in [0.5, 0.6) is 11.5 Å². The van der Waals surface area contributed by atoms with Crippen LogP contribution in [0.1, 0.15) is 66.9 Å². The Morgan fingerprint density at radius 1 is 1.15 bits per heavy atom. The van der Waals surface area contributed by atoms with Crippen LogP contribution in [0.25, 0.3) is 0 Å². The number of rotatable bonds is 5. The van der Waals surface area contributed by atoms with E-state index < -0.39 is 0 Å². The van der Waals surface area contributed by atoms with Crippen molar-refractivity contribution in [1.29, 1.82) is 0 Å². The molecular weight excluding hydrogens is 332 g/mol. The van der Waals surface area contributed by atoms with Gasteiger partial charge in [0.25, 0.3) is 5.91 Å². The molecule has 6 nitrogen and oxygen atoms in total. The van der Waals surface area contributed by atoms with Gasteiger partial charge in [0.1, 0.15) is 5.76 Å². The molecule has 2 aromatic rings. The molecule has 2 aliphatic rings. The van der Waals surface area contributed by atoms with Crippen LogP contribution in [0.15, 0.2) is 28.8 Å². The van der Waals surface area contributed by atoms with Crippen LogP contribution in [-0.4, -0.2) is 24.3 Å². The summed E-state index contributed by atoms with van der Waals surface area (Å²) in [6, 6.07) is 7.47. The summed E-state index contributed by atoms with van der Waals surface area (Å²) in [6.45, 7) is 5.45. The number of aromatic nitrogens is 1. The summed E-state index contributed by atoms with van der Waals surface area (Å²) in [7, 11) is 0. The van der Waals surface area contributed by atoms with E-state index in [4.69, 9.17) is 14.0 Å². The van der Waals surface area contributed by atoms with E-state index in [1.54, 1.807) is 6.07 Å². The summed E-state index contributed by atoms with van der Waals surface area (Å²) in [6.07, 6.45) is 3.09. The Bertz CT molecular complexity index is 795. The molecule has 4 rings (SSSR count). The van der Waals surface area contributed by atoms with Gasteiger partial charge in [-0.15, -0.1) is 0 Å². The van der Waals surface area contributed by atoms with E-state index in [2.05, 4.69) is 24.3 Å². The Hall–Kier alpha value is -2.50. The van der Waals surface area contributed by atoms with Gasteiger partial charge in [-0.1, -0.05) is 25.1 Å². The average Bonchev–Trinajstić information content (AvgIpc) is 3.41. The molecule has 1 aliphatic carbocycles. The van der Waals surface area contributed by atoms with Crippen LogP contribution in [0.3, 0.4) is 0 Å². The molecule has 2 heterocycles. The fraction of sp³-hybridized carbons (Fsp3) is 0.500. The molecule has 138 valence electrons. The molecule has 1 aromatic carbocycles. The van der Waals surface area contributed by atoms with Gasteiger partial charge in [-0.05, 0) is 36.5 Å². The smallest absolute Gasteiger partial charge is 0.273 e. The number of amides is 1. The number of carbonyl (C=O) groups is 1. The van der Waals surface area contributed by atoms with Gasteiger partial charge in [-0.25, -0.2) is 0 Å². The summed E-state index contributed by atoms with van der Waals surface area (Å²) in [5.41, 5.74) is 1.33. The summed E-state index contributed by atoms with van der Waals surface area (Å²) >= 11 is 0. The number of nitrogens with one attached hydrogen (secondary N) is 1. The summed E-state index contributed by atoms with van der Waals surface area (Å²) in [5, 5.41) is 7.02. The first kappa shape index (κ1) is 16.9. The Balaban J connectivity index is 1.53. The lowest BCUT2D eigenvalue weighted by atomic mass is 9.95. The Morgan fingerprint density at radius 3 is 2.65 bits per heavy atom. The van der Waals surface area contributed by atoms with E-state index in [-0.39, 0.29) is 17.9 Å². The molecule has 0 saturated heterocycles. The molecular formula is C20H24N2O4. The van der Waals surface area contributed by atoms with E-state index in [1.807, 2.05) is 18.2 Å². The van der Waals surface area contributed by atoms with Crippen molar-refractivity contribution in [2.45, 2.75) is 45.1 Å². The van der Waals surface area contributed by atoms with Crippen molar-refractivity contribution < 1.29 is 18.8 Å². The second kappa shape index (κ2) is 7.02. The van der Waals surface area contributed by atoms with Crippen molar-refractivity contribution in [3.63, 3.8) is 0 Å².